The number of benzene rings is 2. The molecule has 0 atom stereocenters. The molecular formula is C22H15BrClN3O5. The smallest absolute Gasteiger partial charge is 0.277 e. The lowest BCUT2D eigenvalue weighted by molar-refractivity contribution is -0.123. The van der Waals surface area contributed by atoms with Gasteiger partial charge in [-0.25, -0.2) is 5.43 Å². The molecule has 0 unspecified atom stereocenters. The largest absolute Gasteiger partial charge is 0.483 e. The number of halogens is 2. The fourth-order valence-corrected chi connectivity index (χ4v) is 3.40. The highest BCUT2D eigenvalue weighted by molar-refractivity contribution is 9.10. The minimum Gasteiger partial charge on any atom is -0.483 e. The van der Waals surface area contributed by atoms with Crippen LogP contribution in [0.15, 0.2) is 72.2 Å². The van der Waals surface area contributed by atoms with E-state index in [9.17, 15) is 9.59 Å². The van der Waals surface area contributed by atoms with Crippen LogP contribution in [0.4, 0.5) is 0 Å². The Morgan fingerprint density at radius 3 is 2.94 bits per heavy atom. The van der Waals surface area contributed by atoms with Crippen molar-refractivity contribution in [3.63, 3.8) is 0 Å². The molecular weight excluding hydrogens is 502 g/mol. The SMILES string of the molecule is Cc1cc2occ(/C=N/NC(=O)COc3ccc(Br)cc3-c3ccno3)c(=O)c2cc1Cl. The Kier molecular flexibility index (Phi) is 6.38. The fraction of sp³-hybridized carbons (Fsp3) is 0.0909. The number of hydrogen-bond donors (Lipinski definition) is 1. The molecule has 1 amide bonds. The van der Waals surface area contributed by atoms with Gasteiger partial charge in [0.15, 0.2) is 12.4 Å². The van der Waals surface area contributed by atoms with Crippen LogP contribution < -0.4 is 15.6 Å². The second-order valence-corrected chi connectivity index (χ2v) is 8.04. The molecule has 4 rings (SSSR count). The summed E-state index contributed by atoms with van der Waals surface area (Å²) in [5.74, 6) is 0.418. The molecule has 0 fully saturated rings. The summed E-state index contributed by atoms with van der Waals surface area (Å²) in [4.78, 5) is 24.7. The Bertz CT molecular complexity index is 1380. The van der Waals surface area contributed by atoms with Crippen molar-refractivity contribution >= 4 is 50.6 Å². The molecule has 162 valence electrons. The van der Waals surface area contributed by atoms with Gasteiger partial charge in [-0.15, -0.1) is 0 Å². The summed E-state index contributed by atoms with van der Waals surface area (Å²) >= 11 is 9.49. The van der Waals surface area contributed by atoms with Crippen LogP contribution >= 0.6 is 27.5 Å². The Balaban J connectivity index is 1.43. The summed E-state index contributed by atoms with van der Waals surface area (Å²) in [6.07, 6.45) is 3.99. The first-order valence-corrected chi connectivity index (χ1v) is 10.5. The minimum absolute atomic E-state index is 0.166. The number of aromatic nitrogens is 1. The molecule has 10 heteroatoms. The van der Waals surface area contributed by atoms with E-state index in [1.54, 1.807) is 36.4 Å². The lowest BCUT2D eigenvalue weighted by Gasteiger charge is -2.09. The third kappa shape index (κ3) is 4.74. The summed E-state index contributed by atoms with van der Waals surface area (Å²) in [5, 5.41) is 8.29. The maximum absolute atomic E-state index is 12.6. The van der Waals surface area contributed by atoms with Crippen LogP contribution in [0.25, 0.3) is 22.3 Å². The van der Waals surface area contributed by atoms with Crippen molar-refractivity contribution in [3.05, 3.63) is 79.7 Å². The molecule has 0 aliphatic rings. The maximum Gasteiger partial charge on any atom is 0.277 e. The zero-order valence-corrected chi connectivity index (χ0v) is 18.9. The van der Waals surface area contributed by atoms with Gasteiger partial charge in [0, 0.05) is 15.6 Å². The van der Waals surface area contributed by atoms with E-state index in [0.29, 0.717) is 33.1 Å². The molecule has 4 aromatic rings. The molecule has 0 spiro atoms. The number of carbonyl (C=O) groups is 1. The van der Waals surface area contributed by atoms with E-state index < -0.39 is 5.91 Å². The molecule has 2 aromatic heterocycles. The number of carbonyl (C=O) groups excluding carboxylic acids is 1. The third-order valence-electron chi connectivity index (χ3n) is 4.48. The van der Waals surface area contributed by atoms with Crippen molar-refractivity contribution in [2.24, 2.45) is 5.10 Å². The van der Waals surface area contributed by atoms with Gasteiger partial charge < -0.3 is 13.7 Å². The van der Waals surface area contributed by atoms with E-state index in [4.69, 9.17) is 25.3 Å². The highest BCUT2D eigenvalue weighted by atomic mass is 79.9. The number of hydrogen-bond acceptors (Lipinski definition) is 7. The van der Waals surface area contributed by atoms with Crippen LogP contribution in [-0.4, -0.2) is 23.9 Å². The van der Waals surface area contributed by atoms with Crippen LogP contribution in [-0.2, 0) is 4.79 Å². The van der Waals surface area contributed by atoms with E-state index >= 15 is 0 Å². The normalized spacial score (nSPS) is 11.2. The van der Waals surface area contributed by atoms with E-state index in [2.05, 4.69) is 31.6 Å². The van der Waals surface area contributed by atoms with Gasteiger partial charge in [0.25, 0.3) is 5.91 Å². The number of hydrazone groups is 1. The van der Waals surface area contributed by atoms with Crippen LogP contribution in [0.3, 0.4) is 0 Å². The average Bonchev–Trinajstić information content (AvgIpc) is 3.31. The number of fused-ring (bicyclic) bond motifs is 1. The van der Waals surface area contributed by atoms with Crippen LogP contribution in [0.5, 0.6) is 5.75 Å². The molecule has 32 heavy (non-hydrogen) atoms. The molecule has 0 radical (unpaired) electrons. The first kappa shape index (κ1) is 21.8. The summed E-state index contributed by atoms with van der Waals surface area (Å²) in [6.45, 7) is 1.51. The van der Waals surface area contributed by atoms with Gasteiger partial charge in [-0.2, -0.15) is 5.10 Å². The summed E-state index contributed by atoms with van der Waals surface area (Å²) in [7, 11) is 0. The number of nitrogens with one attached hydrogen (secondary N) is 1. The zero-order chi connectivity index (χ0) is 22.7. The highest BCUT2D eigenvalue weighted by Crippen LogP contribution is 2.32. The van der Waals surface area contributed by atoms with Gasteiger partial charge in [-0.3, -0.25) is 9.59 Å². The van der Waals surface area contributed by atoms with Gasteiger partial charge in [0.1, 0.15) is 17.6 Å². The van der Waals surface area contributed by atoms with E-state index in [-0.39, 0.29) is 17.6 Å². The number of nitrogens with zero attached hydrogens (tertiary/aromatic N) is 2. The monoisotopic (exact) mass is 515 g/mol. The maximum atomic E-state index is 12.6. The van der Waals surface area contributed by atoms with Gasteiger partial charge in [-0.05, 0) is 42.8 Å². The summed E-state index contributed by atoms with van der Waals surface area (Å²) < 4.78 is 17.1. The molecule has 0 aliphatic heterocycles. The summed E-state index contributed by atoms with van der Waals surface area (Å²) in [6, 6.07) is 10.2. The van der Waals surface area contributed by atoms with Crippen molar-refractivity contribution in [1.29, 1.82) is 0 Å². The van der Waals surface area contributed by atoms with Crippen molar-refractivity contribution < 1.29 is 18.5 Å². The second-order valence-electron chi connectivity index (χ2n) is 6.72. The first-order chi connectivity index (χ1) is 15.4. The Morgan fingerprint density at radius 2 is 2.16 bits per heavy atom. The predicted molar refractivity (Wildman–Crippen MR) is 123 cm³/mol. The lowest BCUT2D eigenvalue weighted by Crippen LogP contribution is -2.25. The molecule has 2 heterocycles. The van der Waals surface area contributed by atoms with E-state index in [1.807, 2.05) is 6.92 Å². The number of ether oxygens (including phenoxy) is 1. The number of aryl methyl sites for hydroxylation is 1. The van der Waals surface area contributed by atoms with Crippen molar-refractivity contribution in [3.8, 4) is 17.1 Å². The molecule has 8 nitrogen and oxygen atoms in total. The standard InChI is InChI=1S/C22H15BrClN3O5/c1-12-6-20-16(8-17(12)24)22(29)13(10-30-20)9-25-27-21(28)11-31-18-3-2-14(23)7-15(18)19-4-5-26-32-19/h2-10H,11H2,1H3,(H,27,28)/b25-9+. The lowest BCUT2D eigenvalue weighted by atomic mass is 10.1. The molecule has 0 bridgehead atoms. The van der Waals surface area contributed by atoms with Gasteiger partial charge in [0.2, 0.25) is 5.43 Å². The van der Waals surface area contributed by atoms with Crippen LogP contribution in [0.2, 0.25) is 5.02 Å². The Morgan fingerprint density at radius 1 is 1.31 bits per heavy atom. The summed E-state index contributed by atoms with van der Waals surface area (Å²) in [5.41, 5.74) is 4.03. The number of amides is 1. The minimum atomic E-state index is -0.517. The van der Waals surface area contributed by atoms with Crippen molar-refractivity contribution in [2.75, 3.05) is 6.61 Å². The van der Waals surface area contributed by atoms with Gasteiger partial charge >= 0.3 is 0 Å². The second kappa shape index (κ2) is 9.37. The molecule has 2 aromatic carbocycles. The number of rotatable bonds is 6. The van der Waals surface area contributed by atoms with Gasteiger partial charge in [-0.1, -0.05) is 32.7 Å². The molecule has 0 saturated carbocycles. The average molecular weight is 517 g/mol. The Labute approximate surface area is 194 Å². The van der Waals surface area contributed by atoms with Crippen LogP contribution in [0, 0.1) is 6.92 Å². The highest BCUT2D eigenvalue weighted by Gasteiger charge is 2.13. The molecule has 0 saturated heterocycles. The zero-order valence-electron chi connectivity index (χ0n) is 16.6. The predicted octanol–water partition coefficient (Wildman–Crippen LogP) is 4.70. The molecule has 1 N–H and O–H groups in total. The van der Waals surface area contributed by atoms with Gasteiger partial charge in [0.05, 0.1) is 28.9 Å². The quantitative estimate of drug-likeness (QED) is 0.294. The fourth-order valence-electron chi connectivity index (χ4n) is 2.88. The van der Waals surface area contributed by atoms with Crippen LogP contribution in [0.1, 0.15) is 11.1 Å². The molecule has 0 aliphatic carbocycles. The third-order valence-corrected chi connectivity index (χ3v) is 5.38. The first-order valence-electron chi connectivity index (χ1n) is 9.29. The van der Waals surface area contributed by atoms with E-state index in [1.165, 1.54) is 18.7 Å². The topological polar surface area (TPSA) is 107 Å². The Hall–Kier alpha value is -3.43. The van der Waals surface area contributed by atoms with E-state index in [0.717, 1.165) is 10.0 Å². The van der Waals surface area contributed by atoms with Crippen molar-refractivity contribution in [1.82, 2.24) is 10.6 Å². The van der Waals surface area contributed by atoms with Crippen molar-refractivity contribution in [2.45, 2.75) is 6.92 Å².